The van der Waals surface area contributed by atoms with Crippen LogP contribution in [-0.4, -0.2) is 55.0 Å². The van der Waals surface area contributed by atoms with Gasteiger partial charge in [-0.15, -0.1) is 0 Å². The minimum atomic E-state index is -0.938. The molecule has 3 aromatic carbocycles. The number of alkyl carbamates (subject to hydrolysis) is 1. The van der Waals surface area contributed by atoms with Crippen LogP contribution in [0.2, 0.25) is 0 Å². The average molecular weight is 587 g/mol. The third-order valence-corrected chi connectivity index (χ3v) is 7.50. The molecule has 1 heterocycles. The van der Waals surface area contributed by atoms with Crippen LogP contribution >= 0.6 is 0 Å². The fourth-order valence-electron chi connectivity index (χ4n) is 4.71. The fraction of sp³-hybridized carbons (Fsp3) is 0.353. The topological polar surface area (TPSA) is 123 Å². The standard InChI is InChI=1S/C34H38N2O7/c1-23(35-33(40)42-21-26-12-8-5-9-13-26)30(37)20-27(18-25-14-16-28(41-3)17-15-25)32(39)36-29(31(38)34(2)22-43-34)19-24-10-6-4-7-11-24/h4-17,23,27,29H,18-22H2,1-3H3,(H,35,40)(H,36,39)/t23-,27+,29-,34+/m0/s1. The molecule has 3 aromatic rings. The number of hydrogen-bond donors (Lipinski definition) is 2. The highest BCUT2D eigenvalue weighted by molar-refractivity contribution is 5.98. The Kier molecular flexibility index (Phi) is 10.7. The maximum absolute atomic E-state index is 13.8. The highest BCUT2D eigenvalue weighted by atomic mass is 16.6. The number of rotatable bonds is 15. The van der Waals surface area contributed by atoms with Gasteiger partial charge in [-0.25, -0.2) is 4.79 Å². The van der Waals surface area contributed by atoms with E-state index >= 15 is 0 Å². The van der Waals surface area contributed by atoms with Gasteiger partial charge in [-0.3, -0.25) is 14.4 Å². The first-order chi connectivity index (χ1) is 20.7. The van der Waals surface area contributed by atoms with Crippen molar-refractivity contribution in [1.82, 2.24) is 10.6 Å². The fourth-order valence-corrected chi connectivity index (χ4v) is 4.71. The molecule has 226 valence electrons. The molecule has 2 amide bonds. The summed E-state index contributed by atoms with van der Waals surface area (Å²) in [5.41, 5.74) is 1.59. The molecular formula is C34H38N2O7. The molecule has 0 saturated carbocycles. The Morgan fingerprint density at radius 2 is 1.42 bits per heavy atom. The van der Waals surface area contributed by atoms with E-state index in [9.17, 15) is 19.2 Å². The van der Waals surface area contributed by atoms with Crippen molar-refractivity contribution in [3.63, 3.8) is 0 Å². The summed E-state index contributed by atoms with van der Waals surface area (Å²) < 4.78 is 15.9. The second-order valence-electron chi connectivity index (χ2n) is 11.0. The van der Waals surface area contributed by atoms with E-state index in [0.29, 0.717) is 18.8 Å². The molecule has 9 heteroatoms. The monoisotopic (exact) mass is 586 g/mol. The summed E-state index contributed by atoms with van der Waals surface area (Å²) in [6.07, 6.45) is -0.351. The van der Waals surface area contributed by atoms with Crippen molar-refractivity contribution in [1.29, 1.82) is 0 Å². The van der Waals surface area contributed by atoms with Crippen molar-refractivity contribution in [3.8, 4) is 5.75 Å². The summed E-state index contributed by atoms with van der Waals surface area (Å²) in [7, 11) is 1.57. The van der Waals surface area contributed by atoms with E-state index < -0.39 is 35.6 Å². The number of ether oxygens (including phenoxy) is 3. The molecule has 0 unspecified atom stereocenters. The van der Waals surface area contributed by atoms with Gasteiger partial charge in [0.05, 0.1) is 25.8 Å². The Hall–Kier alpha value is -4.50. The number of epoxide rings is 1. The highest BCUT2D eigenvalue weighted by Gasteiger charge is 2.50. The predicted octanol–water partition coefficient (Wildman–Crippen LogP) is 4.21. The first kappa shape index (κ1) is 31.4. The zero-order valence-corrected chi connectivity index (χ0v) is 24.7. The molecule has 2 N–H and O–H groups in total. The van der Waals surface area contributed by atoms with E-state index in [1.54, 1.807) is 33.1 Å². The summed E-state index contributed by atoms with van der Waals surface area (Å²) in [6.45, 7) is 3.63. The molecule has 4 rings (SSSR count). The molecule has 0 aliphatic carbocycles. The highest BCUT2D eigenvalue weighted by Crippen LogP contribution is 2.29. The van der Waals surface area contributed by atoms with Crippen LogP contribution in [0.1, 0.15) is 37.0 Å². The normalized spacial score (nSPS) is 17.6. The number of methoxy groups -OCH3 is 1. The molecule has 1 fully saturated rings. The van der Waals surface area contributed by atoms with Crippen molar-refractivity contribution < 1.29 is 33.4 Å². The minimum Gasteiger partial charge on any atom is -0.497 e. The first-order valence-electron chi connectivity index (χ1n) is 14.3. The summed E-state index contributed by atoms with van der Waals surface area (Å²) in [5, 5.41) is 5.48. The maximum Gasteiger partial charge on any atom is 0.408 e. The lowest BCUT2D eigenvalue weighted by atomic mass is 9.90. The van der Waals surface area contributed by atoms with Gasteiger partial charge in [-0.2, -0.15) is 0 Å². The number of ketones is 2. The lowest BCUT2D eigenvalue weighted by molar-refractivity contribution is -0.134. The molecule has 1 saturated heterocycles. The molecule has 1 aliphatic heterocycles. The number of Topliss-reactive ketones (excluding diaryl/α,β-unsaturated/α-hetero) is 2. The van der Waals surface area contributed by atoms with E-state index in [2.05, 4.69) is 10.6 Å². The molecular weight excluding hydrogens is 548 g/mol. The van der Waals surface area contributed by atoms with Gasteiger partial charge in [0.15, 0.2) is 11.6 Å². The maximum atomic E-state index is 13.8. The van der Waals surface area contributed by atoms with Crippen LogP contribution in [0.3, 0.4) is 0 Å². The Morgan fingerprint density at radius 1 is 0.837 bits per heavy atom. The van der Waals surface area contributed by atoms with Crippen LogP contribution in [0.5, 0.6) is 5.75 Å². The number of nitrogens with one attached hydrogen (secondary N) is 2. The third-order valence-electron chi connectivity index (χ3n) is 7.50. The van der Waals surface area contributed by atoms with Gasteiger partial charge < -0.3 is 24.8 Å². The molecule has 4 atom stereocenters. The van der Waals surface area contributed by atoms with Crippen LogP contribution < -0.4 is 15.4 Å². The lowest BCUT2D eigenvalue weighted by Gasteiger charge is -2.24. The van der Waals surface area contributed by atoms with Gasteiger partial charge in [0.2, 0.25) is 5.91 Å². The molecule has 9 nitrogen and oxygen atoms in total. The molecule has 0 bridgehead atoms. The van der Waals surface area contributed by atoms with Gasteiger partial charge in [0.1, 0.15) is 18.0 Å². The Balaban J connectivity index is 1.45. The minimum absolute atomic E-state index is 0.0650. The predicted molar refractivity (Wildman–Crippen MR) is 160 cm³/mol. The van der Waals surface area contributed by atoms with Gasteiger partial charge in [0, 0.05) is 12.3 Å². The summed E-state index contributed by atoms with van der Waals surface area (Å²) in [5.74, 6) is -1.12. The van der Waals surface area contributed by atoms with E-state index in [1.165, 1.54) is 0 Å². The summed E-state index contributed by atoms with van der Waals surface area (Å²) in [6, 6.07) is 24.1. The van der Waals surface area contributed by atoms with Crippen molar-refractivity contribution in [2.75, 3.05) is 13.7 Å². The quantitative estimate of drug-likeness (QED) is 0.256. The molecule has 0 spiro atoms. The van der Waals surface area contributed by atoms with E-state index in [0.717, 1.165) is 16.7 Å². The molecule has 1 aliphatic rings. The van der Waals surface area contributed by atoms with Crippen molar-refractivity contribution in [2.24, 2.45) is 5.92 Å². The number of amides is 2. The number of benzene rings is 3. The van der Waals surface area contributed by atoms with Crippen LogP contribution in [0.25, 0.3) is 0 Å². The zero-order chi connectivity index (χ0) is 30.8. The van der Waals surface area contributed by atoms with Crippen LogP contribution in [0.15, 0.2) is 84.9 Å². The van der Waals surface area contributed by atoms with Crippen LogP contribution in [0.4, 0.5) is 4.79 Å². The van der Waals surface area contributed by atoms with Crippen molar-refractivity contribution in [2.45, 2.75) is 57.4 Å². The van der Waals surface area contributed by atoms with Crippen LogP contribution in [-0.2, 0) is 43.3 Å². The molecule has 0 radical (unpaired) electrons. The first-order valence-corrected chi connectivity index (χ1v) is 14.3. The van der Waals surface area contributed by atoms with Gasteiger partial charge in [-0.05, 0) is 55.5 Å². The number of carbonyl (C=O) groups excluding carboxylic acids is 4. The Labute approximate surface area is 251 Å². The largest absolute Gasteiger partial charge is 0.497 e. The van der Waals surface area contributed by atoms with E-state index in [4.69, 9.17) is 14.2 Å². The SMILES string of the molecule is COc1ccc(C[C@H](CC(=O)[C@H](C)NC(=O)OCc2ccccc2)C(=O)N[C@@H](Cc2ccccc2)C(=O)[C@@]2(C)CO2)cc1. The number of hydrogen-bond acceptors (Lipinski definition) is 7. The van der Waals surface area contributed by atoms with Gasteiger partial charge >= 0.3 is 6.09 Å². The zero-order valence-electron chi connectivity index (χ0n) is 24.7. The Bertz CT molecular complexity index is 1390. The smallest absolute Gasteiger partial charge is 0.408 e. The third kappa shape index (κ3) is 9.24. The summed E-state index contributed by atoms with van der Waals surface area (Å²) >= 11 is 0. The van der Waals surface area contributed by atoms with Crippen molar-refractivity contribution >= 4 is 23.6 Å². The second-order valence-corrected chi connectivity index (χ2v) is 11.0. The van der Waals surface area contributed by atoms with Gasteiger partial charge in [-0.1, -0.05) is 72.8 Å². The average Bonchev–Trinajstić information content (AvgIpc) is 3.78. The van der Waals surface area contributed by atoms with E-state index in [-0.39, 0.29) is 31.0 Å². The lowest BCUT2D eigenvalue weighted by Crippen LogP contribution is -2.50. The van der Waals surface area contributed by atoms with Crippen LogP contribution in [0, 0.1) is 5.92 Å². The van der Waals surface area contributed by atoms with Crippen molar-refractivity contribution in [3.05, 3.63) is 102 Å². The van der Waals surface area contributed by atoms with E-state index in [1.807, 2.05) is 72.8 Å². The second kappa shape index (κ2) is 14.6. The molecule has 0 aromatic heterocycles. The molecule has 43 heavy (non-hydrogen) atoms. The summed E-state index contributed by atoms with van der Waals surface area (Å²) in [4.78, 5) is 52.8. The number of carbonyl (C=O) groups is 4. The van der Waals surface area contributed by atoms with Gasteiger partial charge in [0.25, 0.3) is 0 Å². The Morgan fingerprint density at radius 3 is 2.00 bits per heavy atom.